The molecule has 1 N–H and O–H groups in total. The molecular weight excluding hydrogens is 284 g/mol. The Balaban J connectivity index is 3.11. The molecule has 0 spiro atoms. The molecule has 0 saturated heterocycles. The summed E-state index contributed by atoms with van der Waals surface area (Å²) in [5.74, 6) is -2.05. The van der Waals surface area contributed by atoms with Crippen LogP contribution in [0.15, 0.2) is 18.2 Å². The highest BCUT2D eigenvalue weighted by Gasteiger charge is 2.22. The Morgan fingerprint density at radius 1 is 1.00 bits per heavy atom. The van der Waals surface area contributed by atoms with Crippen molar-refractivity contribution in [2.75, 3.05) is 13.2 Å². The van der Waals surface area contributed by atoms with Crippen molar-refractivity contribution in [3.63, 3.8) is 0 Å². The fourth-order valence-corrected chi connectivity index (χ4v) is 1.34. The molecule has 0 aliphatic carbocycles. The molecule has 21 heavy (non-hydrogen) atoms. The van der Waals surface area contributed by atoms with Crippen LogP contribution in [0, 0.1) is 0 Å². The first kappa shape index (κ1) is 16.3. The van der Waals surface area contributed by atoms with E-state index >= 15 is 0 Å². The fourth-order valence-electron chi connectivity index (χ4n) is 1.34. The highest BCUT2D eigenvalue weighted by atomic mass is 16.7. The van der Waals surface area contributed by atoms with Crippen molar-refractivity contribution in [2.45, 2.75) is 13.8 Å². The molecule has 1 aromatic carbocycles. The number of carboxylic acid groups (broad SMARTS) is 1. The van der Waals surface area contributed by atoms with E-state index < -0.39 is 24.0 Å². The van der Waals surface area contributed by atoms with Crippen molar-refractivity contribution in [1.29, 1.82) is 0 Å². The molecule has 0 aliphatic rings. The minimum atomic E-state index is -1.36. The standard InChI is InChI=1S/C13H14O8/c1-3-18-12(16)20-9-7-5-6-8(11(14)15)10(9)21-13(17)19-4-2/h5-7H,3-4H2,1-2H3,(H,14,15). The van der Waals surface area contributed by atoms with E-state index in [9.17, 15) is 14.4 Å². The molecule has 114 valence electrons. The average Bonchev–Trinajstić information content (AvgIpc) is 2.40. The number of carbonyl (C=O) groups excluding carboxylic acids is 2. The number of aromatic carboxylic acids is 1. The Morgan fingerprint density at radius 2 is 1.57 bits per heavy atom. The molecule has 0 amide bonds. The predicted octanol–water partition coefficient (Wildman–Crippen LogP) is 2.46. The van der Waals surface area contributed by atoms with E-state index in [1.165, 1.54) is 18.2 Å². The van der Waals surface area contributed by atoms with Crippen LogP contribution < -0.4 is 9.47 Å². The number of benzene rings is 1. The second-order valence-corrected chi connectivity index (χ2v) is 3.51. The molecule has 0 aliphatic heterocycles. The van der Waals surface area contributed by atoms with E-state index in [0.717, 1.165) is 0 Å². The van der Waals surface area contributed by atoms with E-state index in [2.05, 4.69) is 9.47 Å². The maximum absolute atomic E-state index is 11.3. The van der Waals surface area contributed by atoms with Crippen LogP contribution in [0.4, 0.5) is 9.59 Å². The number of rotatable bonds is 5. The summed E-state index contributed by atoms with van der Waals surface area (Å²) in [6, 6.07) is 3.78. The molecule has 0 atom stereocenters. The van der Waals surface area contributed by atoms with E-state index in [1.54, 1.807) is 13.8 Å². The lowest BCUT2D eigenvalue weighted by molar-refractivity contribution is 0.0685. The Kier molecular flexibility index (Phi) is 5.99. The highest BCUT2D eigenvalue weighted by Crippen LogP contribution is 2.32. The Morgan fingerprint density at radius 3 is 2.10 bits per heavy atom. The van der Waals surface area contributed by atoms with Crippen molar-refractivity contribution in [1.82, 2.24) is 0 Å². The van der Waals surface area contributed by atoms with Crippen LogP contribution in [0.5, 0.6) is 11.5 Å². The number of ether oxygens (including phenoxy) is 4. The molecule has 0 unspecified atom stereocenters. The third kappa shape index (κ3) is 4.68. The van der Waals surface area contributed by atoms with Gasteiger partial charge >= 0.3 is 18.3 Å². The van der Waals surface area contributed by atoms with Gasteiger partial charge in [-0.25, -0.2) is 14.4 Å². The van der Waals surface area contributed by atoms with Crippen LogP contribution >= 0.6 is 0 Å². The molecule has 0 fully saturated rings. The smallest absolute Gasteiger partial charge is 0.478 e. The summed E-state index contributed by atoms with van der Waals surface area (Å²) in [6.45, 7) is 3.25. The van der Waals surface area contributed by atoms with Gasteiger partial charge in [0.1, 0.15) is 5.56 Å². The minimum Gasteiger partial charge on any atom is -0.478 e. The molecule has 0 heterocycles. The Labute approximate surface area is 120 Å². The number of carboxylic acids is 1. The average molecular weight is 298 g/mol. The third-order valence-electron chi connectivity index (χ3n) is 2.11. The summed E-state index contributed by atoms with van der Waals surface area (Å²) in [5, 5.41) is 9.07. The van der Waals surface area contributed by atoms with Crippen LogP contribution in [0.25, 0.3) is 0 Å². The van der Waals surface area contributed by atoms with Gasteiger partial charge in [-0.1, -0.05) is 6.07 Å². The van der Waals surface area contributed by atoms with Gasteiger partial charge in [-0.05, 0) is 26.0 Å². The zero-order valence-corrected chi connectivity index (χ0v) is 11.5. The number of hydrogen-bond acceptors (Lipinski definition) is 7. The van der Waals surface area contributed by atoms with E-state index in [1.807, 2.05) is 0 Å². The molecule has 0 saturated carbocycles. The minimum absolute atomic E-state index is 0.0438. The Hall–Kier alpha value is -2.77. The van der Waals surface area contributed by atoms with E-state index in [4.69, 9.17) is 14.6 Å². The maximum atomic E-state index is 11.3. The molecule has 8 heteroatoms. The number of hydrogen-bond donors (Lipinski definition) is 1. The van der Waals surface area contributed by atoms with Crippen LogP contribution in [0.3, 0.4) is 0 Å². The van der Waals surface area contributed by atoms with Crippen LogP contribution in [0.2, 0.25) is 0 Å². The van der Waals surface area contributed by atoms with Gasteiger partial charge < -0.3 is 24.1 Å². The molecular formula is C13H14O8. The maximum Gasteiger partial charge on any atom is 0.513 e. The second-order valence-electron chi connectivity index (χ2n) is 3.51. The molecule has 1 rings (SSSR count). The van der Waals surface area contributed by atoms with Gasteiger partial charge in [0.25, 0.3) is 0 Å². The monoisotopic (exact) mass is 298 g/mol. The molecule has 0 bridgehead atoms. The molecule has 1 aromatic rings. The Bertz CT molecular complexity index is 537. The lowest BCUT2D eigenvalue weighted by Crippen LogP contribution is -2.16. The summed E-state index contributed by atoms with van der Waals surface area (Å²) in [5.41, 5.74) is -0.357. The van der Waals surface area contributed by atoms with Gasteiger partial charge in [0.2, 0.25) is 0 Å². The van der Waals surface area contributed by atoms with Crippen molar-refractivity contribution in [3.05, 3.63) is 23.8 Å². The molecule has 8 nitrogen and oxygen atoms in total. The van der Waals surface area contributed by atoms with Crippen molar-refractivity contribution in [2.24, 2.45) is 0 Å². The normalized spacial score (nSPS) is 9.62. The number of carbonyl (C=O) groups is 3. The third-order valence-corrected chi connectivity index (χ3v) is 2.11. The summed E-state index contributed by atoms with van der Waals surface area (Å²) in [6.07, 6.45) is -2.16. The zero-order chi connectivity index (χ0) is 15.8. The van der Waals surface area contributed by atoms with Gasteiger partial charge in [-0.15, -0.1) is 0 Å². The molecule has 0 radical (unpaired) electrons. The second kappa shape index (κ2) is 7.73. The summed E-state index contributed by atoms with van der Waals surface area (Å²) in [7, 11) is 0. The first-order valence-electron chi connectivity index (χ1n) is 6.05. The van der Waals surface area contributed by atoms with Crippen molar-refractivity contribution < 1.29 is 38.4 Å². The summed E-state index contributed by atoms with van der Waals surface area (Å²) in [4.78, 5) is 33.8. The van der Waals surface area contributed by atoms with Crippen molar-refractivity contribution in [3.8, 4) is 11.5 Å². The lowest BCUT2D eigenvalue weighted by Gasteiger charge is -2.12. The summed E-state index contributed by atoms with van der Waals surface area (Å²) < 4.78 is 18.7. The topological polar surface area (TPSA) is 108 Å². The quantitative estimate of drug-likeness (QED) is 0.652. The first-order valence-corrected chi connectivity index (χ1v) is 6.05. The predicted molar refractivity (Wildman–Crippen MR) is 68.7 cm³/mol. The van der Waals surface area contributed by atoms with Gasteiger partial charge in [0, 0.05) is 0 Å². The van der Waals surface area contributed by atoms with E-state index in [-0.39, 0.29) is 24.5 Å². The van der Waals surface area contributed by atoms with Crippen LogP contribution in [-0.4, -0.2) is 36.6 Å². The van der Waals surface area contributed by atoms with Gasteiger partial charge in [-0.2, -0.15) is 0 Å². The first-order chi connectivity index (χ1) is 9.99. The SMILES string of the molecule is CCOC(=O)Oc1cccc(C(=O)O)c1OC(=O)OCC. The molecule has 0 aromatic heterocycles. The van der Waals surface area contributed by atoms with E-state index in [0.29, 0.717) is 0 Å². The fraction of sp³-hybridized carbons (Fsp3) is 0.308. The van der Waals surface area contributed by atoms with Gasteiger partial charge in [0.15, 0.2) is 11.5 Å². The summed E-state index contributed by atoms with van der Waals surface area (Å²) >= 11 is 0. The van der Waals surface area contributed by atoms with Gasteiger partial charge in [-0.3, -0.25) is 0 Å². The van der Waals surface area contributed by atoms with Crippen molar-refractivity contribution >= 4 is 18.3 Å². The lowest BCUT2D eigenvalue weighted by atomic mass is 10.2. The zero-order valence-electron chi connectivity index (χ0n) is 11.5. The van der Waals surface area contributed by atoms with Crippen LogP contribution in [-0.2, 0) is 9.47 Å². The largest absolute Gasteiger partial charge is 0.513 e. The van der Waals surface area contributed by atoms with Crippen LogP contribution in [0.1, 0.15) is 24.2 Å². The highest BCUT2D eigenvalue weighted by molar-refractivity contribution is 5.93. The number of para-hydroxylation sites is 1. The van der Waals surface area contributed by atoms with Gasteiger partial charge in [0.05, 0.1) is 13.2 Å².